The molecule has 0 fully saturated rings. The van der Waals surface area contributed by atoms with Gasteiger partial charge in [0, 0.05) is 13.5 Å². The van der Waals surface area contributed by atoms with E-state index in [-0.39, 0.29) is 0 Å². The highest BCUT2D eigenvalue weighted by atomic mass is 16.3. The van der Waals surface area contributed by atoms with E-state index in [1.165, 1.54) is 0 Å². The minimum absolute atomic E-state index is 0.702. The average molecular weight is 233 g/mol. The van der Waals surface area contributed by atoms with Crippen LogP contribution in [0.25, 0.3) is 0 Å². The minimum atomic E-state index is 0.702. The molecule has 0 amide bonds. The Morgan fingerprint density at radius 1 is 1.29 bits per heavy atom. The molecule has 2 rings (SSSR count). The van der Waals surface area contributed by atoms with Gasteiger partial charge in [0.25, 0.3) is 0 Å². The van der Waals surface area contributed by atoms with E-state index in [2.05, 4.69) is 24.3 Å². The van der Waals surface area contributed by atoms with Crippen LogP contribution in [0.1, 0.15) is 29.8 Å². The summed E-state index contributed by atoms with van der Waals surface area (Å²) in [4.78, 5) is 0. The number of hydrogen-bond donors (Lipinski definition) is 1. The van der Waals surface area contributed by atoms with Crippen LogP contribution < -0.4 is 5.32 Å². The second-order valence-corrected chi connectivity index (χ2v) is 4.24. The molecule has 4 nitrogen and oxygen atoms in total. The highest BCUT2D eigenvalue weighted by Gasteiger charge is 2.09. The van der Waals surface area contributed by atoms with Crippen LogP contribution in [0, 0.1) is 13.8 Å². The quantitative estimate of drug-likeness (QED) is 0.883. The molecule has 0 saturated carbocycles. The van der Waals surface area contributed by atoms with Gasteiger partial charge in [-0.3, -0.25) is 4.68 Å². The number of nitrogens with one attached hydrogen (secondary N) is 1. The first-order valence-electron chi connectivity index (χ1n) is 5.93. The number of furan rings is 1. The lowest BCUT2D eigenvalue weighted by molar-refractivity contribution is 0.476. The van der Waals surface area contributed by atoms with Crippen molar-refractivity contribution in [3.8, 4) is 0 Å². The van der Waals surface area contributed by atoms with Crippen molar-refractivity contribution in [3.05, 3.63) is 35.0 Å². The summed E-state index contributed by atoms with van der Waals surface area (Å²) in [6.07, 6.45) is 0.935. The standard InChI is InChI=1S/C13H19N3O/c1-5-11-6-7-12(17-11)8-14-13-9(2)15-16(4)10(13)3/h6-7,14H,5,8H2,1-4H3. The summed E-state index contributed by atoms with van der Waals surface area (Å²) in [5.74, 6) is 1.99. The number of hydrogen-bond acceptors (Lipinski definition) is 3. The Labute approximate surface area is 102 Å². The smallest absolute Gasteiger partial charge is 0.123 e. The third-order valence-corrected chi connectivity index (χ3v) is 3.01. The maximum Gasteiger partial charge on any atom is 0.123 e. The first-order valence-corrected chi connectivity index (χ1v) is 5.93. The predicted octanol–water partition coefficient (Wildman–Crippen LogP) is 2.80. The van der Waals surface area contributed by atoms with Crippen LogP contribution in [0.15, 0.2) is 16.5 Å². The lowest BCUT2D eigenvalue weighted by Gasteiger charge is -2.04. The van der Waals surface area contributed by atoms with Crippen molar-refractivity contribution >= 4 is 5.69 Å². The van der Waals surface area contributed by atoms with E-state index in [0.717, 1.165) is 35.0 Å². The zero-order valence-corrected chi connectivity index (χ0v) is 10.9. The van der Waals surface area contributed by atoms with Gasteiger partial charge in [-0.25, -0.2) is 0 Å². The molecule has 2 heterocycles. The van der Waals surface area contributed by atoms with E-state index in [1.807, 2.05) is 30.8 Å². The van der Waals surface area contributed by atoms with Crippen molar-refractivity contribution in [1.82, 2.24) is 9.78 Å². The number of anilines is 1. The molecule has 0 unspecified atom stereocenters. The number of nitrogens with zero attached hydrogens (tertiary/aromatic N) is 2. The molecule has 17 heavy (non-hydrogen) atoms. The molecule has 0 radical (unpaired) electrons. The summed E-state index contributed by atoms with van der Waals surface area (Å²) in [6, 6.07) is 4.05. The summed E-state index contributed by atoms with van der Waals surface area (Å²) in [5, 5.41) is 7.75. The van der Waals surface area contributed by atoms with Gasteiger partial charge in [0.15, 0.2) is 0 Å². The molecule has 0 aliphatic rings. The SMILES string of the molecule is CCc1ccc(CNc2c(C)nn(C)c2C)o1. The lowest BCUT2D eigenvalue weighted by atomic mass is 10.3. The summed E-state index contributed by atoms with van der Waals surface area (Å²) in [5.41, 5.74) is 3.26. The van der Waals surface area contributed by atoms with Crippen molar-refractivity contribution in [3.63, 3.8) is 0 Å². The number of rotatable bonds is 4. The normalized spacial score (nSPS) is 10.8. The molecular weight excluding hydrogens is 214 g/mol. The fourth-order valence-electron chi connectivity index (χ4n) is 1.91. The largest absolute Gasteiger partial charge is 0.464 e. The van der Waals surface area contributed by atoms with Gasteiger partial charge < -0.3 is 9.73 Å². The van der Waals surface area contributed by atoms with Gasteiger partial charge in [0.1, 0.15) is 11.5 Å². The van der Waals surface area contributed by atoms with Crippen molar-refractivity contribution in [2.45, 2.75) is 33.7 Å². The van der Waals surface area contributed by atoms with Crippen LogP contribution in [0.2, 0.25) is 0 Å². The van der Waals surface area contributed by atoms with Crippen molar-refractivity contribution < 1.29 is 4.42 Å². The van der Waals surface area contributed by atoms with Gasteiger partial charge in [-0.15, -0.1) is 0 Å². The van der Waals surface area contributed by atoms with E-state index in [4.69, 9.17) is 4.42 Å². The van der Waals surface area contributed by atoms with E-state index in [0.29, 0.717) is 6.54 Å². The van der Waals surface area contributed by atoms with Crippen LogP contribution in [0.3, 0.4) is 0 Å². The van der Waals surface area contributed by atoms with Gasteiger partial charge in [-0.1, -0.05) is 6.92 Å². The first kappa shape index (κ1) is 11.8. The van der Waals surface area contributed by atoms with Crippen molar-refractivity contribution in [2.24, 2.45) is 7.05 Å². The minimum Gasteiger partial charge on any atom is -0.464 e. The van der Waals surface area contributed by atoms with Gasteiger partial charge in [-0.2, -0.15) is 5.10 Å². The lowest BCUT2D eigenvalue weighted by Crippen LogP contribution is -2.00. The Balaban J connectivity index is 2.07. The molecule has 0 saturated heterocycles. The number of aromatic nitrogens is 2. The van der Waals surface area contributed by atoms with Gasteiger partial charge in [-0.05, 0) is 26.0 Å². The molecule has 0 atom stereocenters. The van der Waals surface area contributed by atoms with E-state index < -0.39 is 0 Å². The molecule has 92 valence electrons. The first-order chi connectivity index (χ1) is 8.11. The summed E-state index contributed by atoms with van der Waals surface area (Å²) in [6.45, 7) is 6.86. The third kappa shape index (κ3) is 2.35. The highest BCUT2D eigenvalue weighted by Crippen LogP contribution is 2.19. The fourth-order valence-corrected chi connectivity index (χ4v) is 1.91. The van der Waals surface area contributed by atoms with Crippen LogP contribution in [0.5, 0.6) is 0 Å². The average Bonchev–Trinajstić information content (AvgIpc) is 2.84. The summed E-state index contributed by atoms with van der Waals surface area (Å²) >= 11 is 0. The summed E-state index contributed by atoms with van der Waals surface area (Å²) in [7, 11) is 1.95. The molecule has 0 aromatic carbocycles. The molecule has 1 N–H and O–H groups in total. The molecule has 0 aliphatic carbocycles. The second kappa shape index (κ2) is 4.65. The van der Waals surface area contributed by atoms with E-state index in [1.54, 1.807) is 0 Å². The van der Waals surface area contributed by atoms with Gasteiger partial charge >= 0.3 is 0 Å². The highest BCUT2D eigenvalue weighted by molar-refractivity contribution is 5.51. The van der Waals surface area contributed by atoms with Crippen molar-refractivity contribution in [1.29, 1.82) is 0 Å². The Kier molecular flexibility index (Phi) is 3.22. The molecule has 2 aromatic rings. The van der Waals surface area contributed by atoms with Gasteiger partial charge in [0.05, 0.1) is 23.6 Å². The molecule has 0 aliphatic heterocycles. The molecule has 2 aromatic heterocycles. The predicted molar refractivity (Wildman–Crippen MR) is 68.1 cm³/mol. The number of aryl methyl sites for hydroxylation is 3. The molecule has 0 spiro atoms. The third-order valence-electron chi connectivity index (χ3n) is 3.01. The van der Waals surface area contributed by atoms with E-state index in [9.17, 15) is 0 Å². The van der Waals surface area contributed by atoms with Crippen LogP contribution in [0.4, 0.5) is 5.69 Å². The van der Waals surface area contributed by atoms with Crippen LogP contribution in [-0.4, -0.2) is 9.78 Å². The molecule has 4 heteroatoms. The Hall–Kier alpha value is -1.71. The zero-order chi connectivity index (χ0) is 12.4. The maximum absolute atomic E-state index is 5.65. The van der Waals surface area contributed by atoms with Crippen molar-refractivity contribution in [2.75, 3.05) is 5.32 Å². The fraction of sp³-hybridized carbons (Fsp3) is 0.462. The summed E-state index contributed by atoms with van der Waals surface area (Å²) < 4.78 is 7.54. The molecular formula is C13H19N3O. The Morgan fingerprint density at radius 2 is 2.00 bits per heavy atom. The van der Waals surface area contributed by atoms with E-state index >= 15 is 0 Å². The molecule has 0 bridgehead atoms. The maximum atomic E-state index is 5.65. The Morgan fingerprint density at radius 3 is 2.53 bits per heavy atom. The van der Waals surface area contributed by atoms with Crippen LogP contribution in [-0.2, 0) is 20.0 Å². The zero-order valence-electron chi connectivity index (χ0n) is 10.9. The monoisotopic (exact) mass is 233 g/mol. The Bertz CT molecular complexity index is 511. The van der Waals surface area contributed by atoms with Gasteiger partial charge in [0.2, 0.25) is 0 Å². The van der Waals surface area contributed by atoms with Crippen LogP contribution >= 0.6 is 0 Å². The topological polar surface area (TPSA) is 43.0 Å². The second-order valence-electron chi connectivity index (χ2n) is 4.24.